The standard InChI is InChI=1S/C18H26F2N4O/c1-11-7-13(17(19)20)23(21-11)10-16(25)24-12-8-18(2)14(22(3)9-12)5-4-6-15(18)24/h7,12,14-15,17H,4-6,8-10H2,1-3H3/t12-,14+,15-,18+/m0/s1. The van der Waals surface area contributed by atoms with Gasteiger partial charge in [-0.25, -0.2) is 8.78 Å². The number of hydrogen-bond donors (Lipinski definition) is 0. The van der Waals surface area contributed by atoms with Gasteiger partial charge in [0.25, 0.3) is 6.43 Å². The summed E-state index contributed by atoms with van der Waals surface area (Å²) in [6, 6.07) is 2.30. The minimum absolute atomic E-state index is 0.0697. The molecule has 1 aliphatic carbocycles. The van der Waals surface area contributed by atoms with Crippen molar-refractivity contribution < 1.29 is 13.6 Å². The van der Waals surface area contributed by atoms with Crippen molar-refractivity contribution in [1.82, 2.24) is 19.6 Å². The number of piperidine rings is 1. The Labute approximate surface area is 147 Å². The zero-order chi connectivity index (χ0) is 17.9. The molecule has 1 amide bonds. The number of likely N-dealkylation sites (N-methyl/N-ethyl adjacent to an activating group) is 1. The van der Waals surface area contributed by atoms with Crippen molar-refractivity contribution >= 4 is 5.91 Å². The summed E-state index contributed by atoms with van der Waals surface area (Å²) >= 11 is 0. The van der Waals surface area contributed by atoms with E-state index >= 15 is 0 Å². The second-order valence-electron chi connectivity index (χ2n) is 8.24. The van der Waals surface area contributed by atoms with Gasteiger partial charge in [-0.2, -0.15) is 5.10 Å². The van der Waals surface area contributed by atoms with Crippen LogP contribution in [0.5, 0.6) is 0 Å². The van der Waals surface area contributed by atoms with Gasteiger partial charge in [-0.05, 0) is 45.7 Å². The summed E-state index contributed by atoms with van der Waals surface area (Å²) in [5.74, 6) is -0.0697. The molecule has 1 saturated carbocycles. The highest BCUT2D eigenvalue weighted by Gasteiger charge is 2.59. The number of carbonyl (C=O) groups is 1. The molecule has 5 nitrogen and oxygen atoms in total. The van der Waals surface area contributed by atoms with Crippen LogP contribution in [0.3, 0.4) is 0 Å². The molecule has 7 heteroatoms. The normalized spacial score (nSPS) is 34.8. The number of halogens is 2. The van der Waals surface area contributed by atoms with Gasteiger partial charge in [0.2, 0.25) is 5.91 Å². The number of carbonyl (C=O) groups excluding carboxylic acids is 1. The van der Waals surface area contributed by atoms with Crippen LogP contribution in [0.1, 0.15) is 50.4 Å². The van der Waals surface area contributed by atoms with E-state index in [2.05, 4.69) is 24.0 Å². The maximum Gasteiger partial charge on any atom is 0.280 e. The first-order chi connectivity index (χ1) is 11.8. The van der Waals surface area contributed by atoms with E-state index in [0.29, 0.717) is 11.7 Å². The Morgan fingerprint density at radius 2 is 2.12 bits per heavy atom. The molecule has 4 rings (SSSR count). The van der Waals surface area contributed by atoms with Gasteiger partial charge in [-0.15, -0.1) is 0 Å². The highest BCUT2D eigenvalue weighted by atomic mass is 19.3. The van der Waals surface area contributed by atoms with E-state index < -0.39 is 6.43 Å². The molecule has 0 aromatic carbocycles. The first-order valence-corrected chi connectivity index (χ1v) is 9.15. The molecule has 2 saturated heterocycles. The molecule has 25 heavy (non-hydrogen) atoms. The molecule has 2 bridgehead atoms. The number of likely N-dealkylation sites (tertiary alicyclic amines) is 2. The summed E-state index contributed by atoms with van der Waals surface area (Å²) in [4.78, 5) is 17.5. The van der Waals surface area contributed by atoms with Crippen molar-refractivity contribution in [1.29, 1.82) is 0 Å². The second kappa shape index (κ2) is 5.76. The predicted octanol–water partition coefficient (Wildman–Crippen LogP) is 2.60. The van der Waals surface area contributed by atoms with Crippen molar-refractivity contribution in [3.63, 3.8) is 0 Å². The van der Waals surface area contributed by atoms with E-state index in [1.54, 1.807) is 6.92 Å². The smallest absolute Gasteiger partial charge is 0.280 e. The van der Waals surface area contributed by atoms with Crippen LogP contribution in [-0.4, -0.2) is 57.2 Å². The van der Waals surface area contributed by atoms with Gasteiger partial charge < -0.3 is 9.80 Å². The molecule has 0 radical (unpaired) electrons. The maximum atomic E-state index is 13.2. The third-order valence-electron chi connectivity index (χ3n) is 6.64. The van der Waals surface area contributed by atoms with Crippen LogP contribution >= 0.6 is 0 Å². The highest BCUT2D eigenvalue weighted by molar-refractivity contribution is 5.77. The summed E-state index contributed by atoms with van der Waals surface area (Å²) in [5, 5.41) is 4.12. The van der Waals surface area contributed by atoms with Crippen LogP contribution in [0.15, 0.2) is 6.07 Å². The summed E-state index contributed by atoms with van der Waals surface area (Å²) in [6.07, 6.45) is 1.73. The average Bonchev–Trinajstić information content (AvgIpc) is 3.02. The minimum atomic E-state index is -2.62. The fourth-order valence-corrected chi connectivity index (χ4v) is 5.77. The summed E-state index contributed by atoms with van der Waals surface area (Å²) < 4.78 is 27.6. The molecule has 138 valence electrons. The lowest BCUT2D eigenvalue weighted by Gasteiger charge is -2.48. The number of aryl methyl sites for hydroxylation is 1. The lowest BCUT2D eigenvalue weighted by atomic mass is 9.66. The van der Waals surface area contributed by atoms with E-state index in [-0.39, 0.29) is 35.6 Å². The van der Waals surface area contributed by atoms with Crippen molar-refractivity contribution in [2.24, 2.45) is 5.41 Å². The van der Waals surface area contributed by atoms with Crippen LogP contribution in [-0.2, 0) is 11.3 Å². The average molecular weight is 352 g/mol. The van der Waals surface area contributed by atoms with Crippen molar-refractivity contribution in [3.8, 4) is 0 Å². The molecular weight excluding hydrogens is 326 g/mol. The van der Waals surface area contributed by atoms with Crippen molar-refractivity contribution in [2.45, 2.75) is 70.6 Å². The third kappa shape index (κ3) is 2.50. The van der Waals surface area contributed by atoms with Gasteiger partial charge in [0.05, 0.1) is 5.69 Å². The van der Waals surface area contributed by atoms with Crippen molar-refractivity contribution in [2.75, 3.05) is 13.6 Å². The molecule has 0 N–H and O–H groups in total. The Morgan fingerprint density at radius 3 is 2.84 bits per heavy atom. The Kier molecular flexibility index (Phi) is 3.90. The van der Waals surface area contributed by atoms with Crippen molar-refractivity contribution in [3.05, 3.63) is 17.5 Å². The maximum absolute atomic E-state index is 13.2. The van der Waals surface area contributed by atoms with E-state index in [0.717, 1.165) is 25.8 Å². The minimum Gasteiger partial charge on any atom is -0.333 e. The molecule has 3 heterocycles. The first-order valence-electron chi connectivity index (χ1n) is 9.15. The number of amides is 1. The molecule has 1 aromatic heterocycles. The first kappa shape index (κ1) is 16.9. The summed E-state index contributed by atoms with van der Waals surface area (Å²) in [6.45, 7) is 4.77. The predicted molar refractivity (Wildman–Crippen MR) is 89.3 cm³/mol. The van der Waals surface area contributed by atoms with Gasteiger partial charge >= 0.3 is 0 Å². The fraction of sp³-hybridized carbons (Fsp3) is 0.778. The number of aromatic nitrogens is 2. The van der Waals surface area contributed by atoms with Gasteiger partial charge in [-0.1, -0.05) is 6.92 Å². The van der Waals surface area contributed by atoms with Gasteiger partial charge in [-0.3, -0.25) is 9.48 Å². The number of nitrogens with zero attached hydrogens (tertiary/aromatic N) is 4. The SMILES string of the molecule is Cc1cc(C(F)F)n(CC(=O)N2[C@@H]3CN(C)[C@@H]4CCC[C@H]2[C@]4(C)C3)n1. The monoisotopic (exact) mass is 352 g/mol. The molecule has 2 aliphatic heterocycles. The Morgan fingerprint density at radius 1 is 1.40 bits per heavy atom. The van der Waals surface area contributed by atoms with Gasteiger partial charge in [0, 0.05) is 30.1 Å². The zero-order valence-electron chi connectivity index (χ0n) is 15.1. The number of fused-ring (bicyclic) bond motifs is 1. The van der Waals surface area contributed by atoms with Crippen LogP contribution in [0.4, 0.5) is 8.78 Å². The lowest BCUT2D eigenvalue weighted by Crippen LogP contribution is -2.54. The van der Waals surface area contributed by atoms with Crippen LogP contribution < -0.4 is 0 Å². The Bertz CT molecular complexity index is 691. The molecule has 1 aromatic rings. The largest absolute Gasteiger partial charge is 0.333 e. The van der Waals surface area contributed by atoms with Gasteiger partial charge in [0.1, 0.15) is 12.2 Å². The van der Waals surface area contributed by atoms with Crippen LogP contribution in [0.25, 0.3) is 0 Å². The molecule has 0 spiro atoms. The Hall–Kier alpha value is -1.50. The molecule has 0 unspecified atom stereocenters. The number of rotatable bonds is 3. The molecule has 3 aliphatic rings. The van der Waals surface area contributed by atoms with Gasteiger partial charge in [0.15, 0.2) is 0 Å². The van der Waals surface area contributed by atoms with Crippen LogP contribution in [0, 0.1) is 12.3 Å². The highest BCUT2D eigenvalue weighted by Crippen LogP contribution is 2.53. The second-order valence-corrected chi connectivity index (χ2v) is 8.24. The molecule has 4 atom stereocenters. The summed E-state index contributed by atoms with van der Waals surface area (Å²) in [7, 11) is 2.15. The quantitative estimate of drug-likeness (QED) is 0.840. The van der Waals surface area contributed by atoms with E-state index in [1.165, 1.54) is 17.2 Å². The van der Waals surface area contributed by atoms with E-state index in [4.69, 9.17) is 0 Å². The third-order valence-corrected chi connectivity index (χ3v) is 6.64. The molecule has 3 fully saturated rings. The topological polar surface area (TPSA) is 41.4 Å². The molecular formula is C18H26F2N4O. The Balaban J connectivity index is 1.61. The zero-order valence-corrected chi connectivity index (χ0v) is 15.1. The fourth-order valence-electron chi connectivity index (χ4n) is 5.77. The van der Waals surface area contributed by atoms with Crippen LogP contribution in [0.2, 0.25) is 0 Å². The number of alkyl halides is 2. The van der Waals surface area contributed by atoms with E-state index in [1.807, 2.05) is 4.90 Å². The summed E-state index contributed by atoms with van der Waals surface area (Å²) in [5.41, 5.74) is 0.475. The lowest BCUT2D eigenvalue weighted by molar-refractivity contribution is -0.136. The van der Waals surface area contributed by atoms with E-state index in [9.17, 15) is 13.6 Å². The number of hydrogen-bond acceptors (Lipinski definition) is 3.